The van der Waals surface area contributed by atoms with Gasteiger partial charge < -0.3 is 15.3 Å². The Labute approximate surface area is 300 Å². The van der Waals surface area contributed by atoms with Crippen LogP contribution in [-0.4, -0.2) is 51.0 Å². The number of aryl methyl sites for hydroxylation is 3. The third-order valence-corrected chi connectivity index (χ3v) is 9.42. The van der Waals surface area contributed by atoms with Gasteiger partial charge in [0.1, 0.15) is 0 Å². The smallest absolute Gasteiger partial charge is 0.421 e. The number of halogens is 6. The Bertz CT molecular complexity index is 2130. The van der Waals surface area contributed by atoms with Crippen molar-refractivity contribution in [3.05, 3.63) is 128 Å². The first-order chi connectivity index (χ1) is 24.3. The number of carbonyl (C=O) groups excluding carboxylic acids is 3. The van der Waals surface area contributed by atoms with Crippen LogP contribution in [0.4, 0.5) is 26.3 Å². The van der Waals surface area contributed by atoms with Gasteiger partial charge in [-0.1, -0.05) is 49.4 Å². The van der Waals surface area contributed by atoms with Crippen LogP contribution in [0.3, 0.4) is 0 Å². The van der Waals surface area contributed by atoms with Crippen LogP contribution in [0.15, 0.2) is 66.7 Å². The van der Waals surface area contributed by atoms with E-state index >= 15 is 0 Å². The van der Waals surface area contributed by atoms with Crippen molar-refractivity contribution in [2.24, 2.45) is 0 Å². The summed E-state index contributed by atoms with van der Waals surface area (Å²) in [4.78, 5) is 50.6. The Kier molecular flexibility index (Phi) is 11.0. The third kappa shape index (κ3) is 7.81. The zero-order valence-corrected chi connectivity index (χ0v) is 29.5. The average Bonchev–Trinajstić information content (AvgIpc) is 3.06. The number of ketones is 3. The maximum absolute atomic E-state index is 14.3. The SMILES string of the molecule is CCC(=O)c1ccc(C(=O)c2ccc(C(=O)Cc3cc(C)c(-c4cc(C(C)(O)C(F)(F)F)c(C)cc4C)cc3C(C)(O)C(F)(F)F)cc2)cc1C(=O)O. The van der Waals surface area contributed by atoms with Crippen molar-refractivity contribution >= 4 is 23.3 Å². The normalized spacial score (nSPS) is 14.3. The van der Waals surface area contributed by atoms with Crippen molar-refractivity contribution in [2.45, 2.75) is 77.9 Å². The van der Waals surface area contributed by atoms with Gasteiger partial charge >= 0.3 is 18.3 Å². The lowest BCUT2D eigenvalue weighted by molar-refractivity contribution is -0.259. The number of alkyl halides is 6. The van der Waals surface area contributed by atoms with E-state index in [4.69, 9.17) is 0 Å². The molecule has 53 heavy (non-hydrogen) atoms. The maximum Gasteiger partial charge on any atom is 0.421 e. The van der Waals surface area contributed by atoms with Crippen LogP contribution in [-0.2, 0) is 17.6 Å². The van der Waals surface area contributed by atoms with E-state index < -0.39 is 64.4 Å². The van der Waals surface area contributed by atoms with Crippen LogP contribution >= 0.6 is 0 Å². The van der Waals surface area contributed by atoms with Crippen molar-refractivity contribution in [2.75, 3.05) is 0 Å². The summed E-state index contributed by atoms with van der Waals surface area (Å²) in [7, 11) is 0. The maximum atomic E-state index is 14.3. The summed E-state index contributed by atoms with van der Waals surface area (Å²) in [6, 6.07) is 13.3. The van der Waals surface area contributed by atoms with Crippen molar-refractivity contribution in [1.29, 1.82) is 0 Å². The molecule has 0 radical (unpaired) electrons. The highest BCUT2D eigenvalue weighted by molar-refractivity contribution is 6.12. The molecule has 13 heteroatoms. The van der Waals surface area contributed by atoms with E-state index in [-0.39, 0.29) is 62.1 Å². The lowest BCUT2D eigenvalue weighted by Crippen LogP contribution is -2.40. The van der Waals surface area contributed by atoms with Gasteiger partial charge in [-0.25, -0.2) is 4.79 Å². The fourth-order valence-corrected chi connectivity index (χ4v) is 6.17. The van der Waals surface area contributed by atoms with Crippen LogP contribution in [0.2, 0.25) is 0 Å². The van der Waals surface area contributed by atoms with Crippen LogP contribution < -0.4 is 0 Å². The highest BCUT2D eigenvalue weighted by atomic mass is 19.4. The van der Waals surface area contributed by atoms with Crippen LogP contribution in [0, 0.1) is 20.8 Å². The monoisotopic (exact) mass is 742 g/mol. The molecular formula is C40H36F6O7. The van der Waals surface area contributed by atoms with E-state index in [1.165, 1.54) is 69.3 Å². The number of hydrogen-bond donors (Lipinski definition) is 3. The van der Waals surface area contributed by atoms with Gasteiger partial charge in [-0.2, -0.15) is 26.3 Å². The molecule has 7 nitrogen and oxygen atoms in total. The Balaban J connectivity index is 1.75. The second kappa shape index (κ2) is 14.4. The van der Waals surface area contributed by atoms with E-state index in [2.05, 4.69) is 0 Å². The van der Waals surface area contributed by atoms with Gasteiger partial charge in [0, 0.05) is 35.1 Å². The molecule has 0 spiro atoms. The number of carboxylic acid groups (broad SMARTS) is 1. The fourth-order valence-electron chi connectivity index (χ4n) is 6.17. The van der Waals surface area contributed by atoms with Gasteiger partial charge in [-0.3, -0.25) is 14.4 Å². The Morgan fingerprint density at radius 2 is 1.06 bits per heavy atom. The molecule has 0 aliphatic rings. The standard InChI is InChI=1S/C40H36F6O7/c1-7-33(47)27-13-12-25(16-30(27)36(50)51)35(49)24-10-8-23(9-11-24)34(48)17-26-15-21(3)29(19-32(26)38(6,53)40(44,45)46)28-18-31(22(4)14-20(28)2)37(5,52)39(41,42)43/h8-16,18-19,52-53H,7,17H2,1-6H3,(H,50,51). The number of Topliss-reactive ketones (excluding diaryl/α,β-unsaturated/α-hetero) is 2. The molecule has 0 aliphatic carbocycles. The summed E-state index contributed by atoms with van der Waals surface area (Å²) in [5, 5.41) is 30.9. The van der Waals surface area contributed by atoms with Crippen molar-refractivity contribution in [3.63, 3.8) is 0 Å². The molecule has 0 saturated carbocycles. The van der Waals surface area contributed by atoms with Gasteiger partial charge in [0.15, 0.2) is 28.6 Å². The number of carbonyl (C=O) groups is 4. The van der Waals surface area contributed by atoms with Crippen molar-refractivity contribution in [1.82, 2.24) is 0 Å². The summed E-state index contributed by atoms with van der Waals surface area (Å²) in [6.45, 7) is 7.01. The minimum atomic E-state index is -5.24. The second-order valence-corrected chi connectivity index (χ2v) is 13.3. The fraction of sp³-hybridized carbons (Fsp3) is 0.300. The molecule has 4 aromatic carbocycles. The third-order valence-electron chi connectivity index (χ3n) is 9.42. The van der Waals surface area contributed by atoms with Gasteiger partial charge in [0.05, 0.1) is 5.56 Å². The highest BCUT2D eigenvalue weighted by Crippen LogP contribution is 2.45. The average molecular weight is 743 g/mol. The molecule has 2 unspecified atom stereocenters. The van der Waals surface area contributed by atoms with Gasteiger partial charge in [0.2, 0.25) is 0 Å². The van der Waals surface area contributed by atoms with Gasteiger partial charge in [0.25, 0.3) is 0 Å². The molecular weight excluding hydrogens is 706 g/mol. The molecule has 3 N–H and O–H groups in total. The minimum Gasteiger partial charge on any atom is -0.478 e. The quantitative estimate of drug-likeness (QED) is 0.104. The molecule has 2 atom stereocenters. The zero-order valence-electron chi connectivity index (χ0n) is 29.5. The van der Waals surface area contributed by atoms with Gasteiger partial charge in [-0.15, -0.1) is 0 Å². The van der Waals surface area contributed by atoms with E-state index in [0.717, 1.165) is 18.2 Å². The minimum absolute atomic E-state index is 0.00982. The van der Waals surface area contributed by atoms with E-state index in [9.17, 15) is 60.8 Å². The lowest BCUT2D eigenvalue weighted by atomic mass is 9.81. The van der Waals surface area contributed by atoms with E-state index in [1.54, 1.807) is 6.92 Å². The summed E-state index contributed by atoms with van der Waals surface area (Å²) in [5.74, 6) is -3.15. The molecule has 280 valence electrons. The molecule has 0 aromatic heterocycles. The first-order valence-electron chi connectivity index (χ1n) is 16.3. The lowest BCUT2D eigenvalue weighted by Gasteiger charge is -2.31. The topological polar surface area (TPSA) is 129 Å². The molecule has 0 saturated heterocycles. The Morgan fingerprint density at radius 3 is 1.57 bits per heavy atom. The molecule has 0 aliphatic heterocycles. The van der Waals surface area contributed by atoms with Crippen molar-refractivity contribution in [3.8, 4) is 11.1 Å². The first-order valence-corrected chi connectivity index (χ1v) is 16.3. The van der Waals surface area contributed by atoms with Crippen LogP contribution in [0.25, 0.3) is 11.1 Å². The molecule has 0 amide bonds. The van der Waals surface area contributed by atoms with Crippen LogP contribution in [0.5, 0.6) is 0 Å². The Morgan fingerprint density at radius 1 is 0.585 bits per heavy atom. The largest absolute Gasteiger partial charge is 0.478 e. The molecule has 4 rings (SSSR count). The predicted octanol–water partition coefficient (Wildman–Crippen LogP) is 8.77. The second-order valence-electron chi connectivity index (χ2n) is 13.3. The number of hydrogen-bond acceptors (Lipinski definition) is 6. The predicted molar refractivity (Wildman–Crippen MR) is 183 cm³/mol. The number of aliphatic hydroxyl groups is 2. The van der Waals surface area contributed by atoms with Gasteiger partial charge in [-0.05, 0) is 103 Å². The summed E-state index contributed by atoms with van der Waals surface area (Å²) >= 11 is 0. The highest BCUT2D eigenvalue weighted by Gasteiger charge is 2.53. The summed E-state index contributed by atoms with van der Waals surface area (Å²) < 4.78 is 84.4. The van der Waals surface area contributed by atoms with Crippen LogP contribution in [0.1, 0.15) is 108 Å². The number of aromatic carboxylic acids is 1. The van der Waals surface area contributed by atoms with Crippen molar-refractivity contribution < 1.29 is 60.8 Å². The van der Waals surface area contributed by atoms with E-state index in [0.29, 0.717) is 19.4 Å². The number of carboxylic acids is 1. The number of rotatable bonds is 11. The zero-order chi connectivity index (χ0) is 40.0. The molecule has 0 bridgehead atoms. The Hall–Kier alpha value is -5.14. The summed E-state index contributed by atoms with van der Waals surface area (Å²) in [6.07, 6.45) is -10.9. The molecule has 0 heterocycles. The number of benzene rings is 4. The summed E-state index contributed by atoms with van der Waals surface area (Å²) in [5.41, 5.74) is -7.79. The molecule has 0 fully saturated rings. The van der Waals surface area contributed by atoms with E-state index in [1.807, 2.05) is 0 Å². The molecule has 4 aromatic rings. The first kappa shape index (κ1) is 40.6.